The molecule has 1 saturated carbocycles. The van der Waals surface area contributed by atoms with Crippen LogP contribution in [0.15, 0.2) is 24.3 Å². The van der Waals surface area contributed by atoms with E-state index < -0.39 is 0 Å². The smallest absolute Gasteiger partial charge is 0.260 e. The predicted molar refractivity (Wildman–Crippen MR) is 87.0 cm³/mol. The Morgan fingerprint density at radius 1 is 1.12 bits per heavy atom. The first-order valence-corrected chi connectivity index (χ1v) is 8.58. The van der Waals surface area contributed by atoms with Gasteiger partial charge >= 0.3 is 0 Å². The first kappa shape index (κ1) is 16.7. The highest BCUT2D eigenvalue weighted by atomic mass is 19.1. The number of nitrogens with zero attached hydrogens (tertiary/aromatic N) is 1. The fourth-order valence-corrected chi connectivity index (χ4v) is 3.03. The molecule has 0 radical (unpaired) electrons. The number of carbonyl (C=O) groups is 2. The van der Waals surface area contributed by atoms with E-state index in [1.807, 2.05) is 0 Å². The van der Waals surface area contributed by atoms with Crippen molar-refractivity contribution in [2.45, 2.75) is 38.1 Å². The van der Waals surface area contributed by atoms with E-state index in [4.69, 9.17) is 4.74 Å². The molecule has 3 rings (SSSR count). The van der Waals surface area contributed by atoms with Gasteiger partial charge in [0.2, 0.25) is 5.91 Å². The summed E-state index contributed by atoms with van der Waals surface area (Å²) in [7, 11) is 0. The molecule has 2 aliphatic rings. The average Bonchev–Trinajstić information content (AvgIpc) is 2.53. The SMILES string of the molecule is O=C(NC1CCN(C(=O)COc2ccc(F)cc2)CC1)C1CCC1. The lowest BCUT2D eigenvalue weighted by Gasteiger charge is -2.34. The van der Waals surface area contributed by atoms with E-state index in [0.29, 0.717) is 18.8 Å². The van der Waals surface area contributed by atoms with Gasteiger partial charge in [-0.1, -0.05) is 6.42 Å². The molecular formula is C18H23FN2O3. The van der Waals surface area contributed by atoms with Crippen molar-refractivity contribution in [3.05, 3.63) is 30.1 Å². The van der Waals surface area contributed by atoms with Gasteiger partial charge in [-0.2, -0.15) is 0 Å². The second-order valence-electron chi connectivity index (χ2n) is 6.53. The van der Waals surface area contributed by atoms with Crippen molar-refractivity contribution in [3.63, 3.8) is 0 Å². The second-order valence-corrected chi connectivity index (χ2v) is 6.53. The van der Waals surface area contributed by atoms with Gasteiger partial charge in [-0.3, -0.25) is 9.59 Å². The lowest BCUT2D eigenvalue weighted by Crippen LogP contribution is -2.49. The molecule has 2 amide bonds. The number of halogens is 1. The first-order valence-electron chi connectivity index (χ1n) is 8.58. The van der Waals surface area contributed by atoms with E-state index in [1.165, 1.54) is 24.3 Å². The van der Waals surface area contributed by atoms with E-state index in [1.54, 1.807) is 4.90 Å². The van der Waals surface area contributed by atoms with Crippen LogP contribution in [-0.4, -0.2) is 42.5 Å². The molecule has 130 valence electrons. The summed E-state index contributed by atoms with van der Waals surface area (Å²) in [4.78, 5) is 25.9. The van der Waals surface area contributed by atoms with Crippen LogP contribution in [0.4, 0.5) is 4.39 Å². The van der Waals surface area contributed by atoms with Gasteiger partial charge in [0, 0.05) is 25.0 Å². The molecule has 1 N–H and O–H groups in total. The number of amides is 2. The third kappa shape index (κ3) is 4.24. The van der Waals surface area contributed by atoms with Crippen LogP contribution in [0.3, 0.4) is 0 Å². The maximum absolute atomic E-state index is 12.8. The van der Waals surface area contributed by atoms with Crippen LogP contribution >= 0.6 is 0 Å². The number of hydrogen-bond acceptors (Lipinski definition) is 3. The van der Waals surface area contributed by atoms with Gasteiger partial charge in [-0.05, 0) is 49.9 Å². The minimum atomic E-state index is -0.334. The summed E-state index contributed by atoms with van der Waals surface area (Å²) in [6, 6.07) is 5.78. The van der Waals surface area contributed by atoms with Crippen LogP contribution < -0.4 is 10.1 Å². The Bertz CT molecular complexity index is 578. The van der Waals surface area contributed by atoms with Crippen molar-refractivity contribution in [2.24, 2.45) is 5.92 Å². The minimum Gasteiger partial charge on any atom is -0.484 e. The second kappa shape index (κ2) is 7.64. The highest BCUT2D eigenvalue weighted by Crippen LogP contribution is 2.26. The Kier molecular flexibility index (Phi) is 5.33. The molecule has 0 aromatic heterocycles. The highest BCUT2D eigenvalue weighted by Gasteiger charge is 2.29. The van der Waals surface area contributed by atoms with E-state index in [-0.39, 0.29) is 36.2 Å². The van der Waals surface area contributed by atoms with Crippen LogP contribution in [-0.2, 0) is 9.59 Å². The summed E-state index contributed by atoms with van der Waals surface area (Å²) in [6.45, 7) is 1.20. The van der Waals surface area contributed by atoms with Gasteiger partial charge in [0.25, 0.3) is 5.91 Å². The van der Waals surface area contributed by atoms with E-state index in [2.05, 4.69) is 5.32 Å². The van der Waals surface area contributed by atoms with Crippen LogP contribution in [0, 0.1) is 11.7 Å². The number of carbonyl (C=O) groups excluding carboxylic acids is 2. The van der Waals surface area contributed by atoms with Crippen molar-refractivity contribution in [3.8, 4) is 5.75 Å². The first-order chi connectivity index (χ1) is 11.6. The quantitative estimate of drug-likeness (QED) is 0.897. The van der Waals surface area contributed by atoms with Crippen LogP contribution in [0.5, 0.6) is 5.75 Å². The summed E-state index contributed by atoms with van der Waals surface area (Å²) in [5.74, 6) is 0.439. The number of benzene rings is 1. The van der Waals surface area contributed by atoms with Crippen molar-refractivity contribution < 1.29 is 18.7 Å². The minimum absolute atomic E-state index is 0.0509. The normalized spacial score (nSPS) is 18.8. The molecule has 2 fully saturated rings. The molecule has 0 unspecified atom stereocenters. The van der Waals surface area contributed by atoms with Gasteiger partial charge in [0.1, 0.15) is 11.6 Å². The Labute approximate surface area is 141 Å². The fourth-order valence-electron chi connectivity index (χ4n) is 3.03. The Hall–Kier alpha value is -2.11. The Morgan fingerprint density at radius 2 is 1.79 bits per heavy atom. The maximum Gasteiger partial charge on any atom is 0.260 e. The Balaban J connectivity index is 1.38. The van der Waals surface area contributed by atoms with Gasteiger partial charge < -0.3 is 15.0 Å². The topological polar surface area (TPSA) is 58.6 Å². The molecular weight excluding hydrogens is 311 g/mol. The monoisotopic (exact) mass is 334 g/mol. The lowest BCUT2D eigenvalue weighted by atomic mass is 9.84. The average molecular weight is 334 g/mol. The summed E-state index contributed by atoms with van der Waals surface area (Å²) in [6.07, 6.45) is 4.72. The molecule has 1 aliphatic carbocycles. The summed E-state index contributed by atoms with van der Waals surface area (Å²) >= 11 is 0. The molecule has 0 spiro atoms. The van der Waals surface area contributed by atoms with Crippen LogP contribution in [0.1, 0.15) is 32.1 Å². The van der Waals surface area contributed by atoms with Gasteiger partial charge in [-0.25, -0.2) is 4.39 Å². The number of piperidine rings is 1. The molecule has 1 aromatic carbocycles. The molecule has 1 aromatic rings. The van der Waals surface area contributed by atoms with Crippen LogP contribution in [0.25, 0.3) is 0 Å². The molecule has 1 aliphatic heterocycles. The zero-order chi connectivity index (χ0) is 16.9. The third-order valence-electron chi connectivity index (χ3n) is 4.85. The van der Waals surface area contributed by atoms with Crippen molar-refractivity contribution >= 4 is 11.8 Å². The zero-order valence-corrected chi connectivity index (χ0v) is 13.7. The lowest BCUT2D eigenvalue weighted by molar-refractivity contribution is -0.134. The van der Waals surface area contributed by atoms with Crippen molar-refractivity contribution in [2.75, 3.05) is 19.7 Å². The number of likely N-dealkylation sites (tertiary alicyclic amines) is 1. The molecule has 0 atom stereocenters. The number of nitrogens with one attached hydrogen (secondary N) is 1. The standard InChI is InChI=1S/C18H23FN2O3/c19-14-4-6-16(7-5-14)24-12-17(22)21-10-8-15(9-11-21)20-18(23)13-2-1-3-13/h4-7,13,15H,1-3,8-12H2,(H,20,23). The molecule has 1 saturated heterocycles. The molecule has 5 nitrogen and oxygen atoms in total. The van der Waals surface area contributed by atoms with Gasteiger partial charge in [-0.15, -0.1) is 0 Å². The Morgan fingerprint density at radius 3 is 2.38 bits per heavy atom. The molecule has 6 heteroatoms. The zero-order valence-electron chi connectivity index (χ0n) is 13.7. The predicted octanol–water partition coefficient (Wildman–Crippen LogP) is 2.11. The largest absolute Gasteiger partial charge is 0.484 e. The number of hydrogen-bond donors (Lipinski definition) is 1. The van der Waals surface area contributed by atoms with Crippen molar-refractivity contribution in [1.29, 1.82) is 0 Å². The summed E-state index contributed by atoms with van der Waals surface area (Å²) < 4.78 is 18.2. The summed E-state index contributed by atoms with van der Waals surface area (Å²) in [5.41, 5.74) is 0. The molecule has 0 bridgehead atoms. The third-order valence-corrected chi connectivity index (χ3v) is 4.85. The fraction of sp³-hybridized carbons (Fsp3) is 0.556. The van der Waals surface area contributed by atoms with Gasteiger partial charge in [0.15, 0.2) is 6.61 Å². The van der Waals surface area contributed by atoms with E-state index >= 15 is 0 Å². The number of rotatable bonds is 5. The molecule has 1 heterocycles. The van der Waals surface area contributed by atoms with E-state index in [0.717, 1.165) is 32.1 Å². The maximum atomic E-state index is 12.8. The van der Waals surface area contributed by atoms with Crippen LogP contribution in [0.2, 0.25) is 0 Å². The highest BCUT2D eigenvalue weighted by molar-refractivity contribution is 5.80. The van der Waals surface area contributed by atoms with Crippen molar-refractivity contribution in [1.82, 2.24) is 10.2 Å². The molecule has 24 heavy (non-hydrogen) atoms. The summed E-state index contributed by atoms with van der Waals surface area (Å²) in [5, 5.41) is 3.10. The van der Waals surface area contributed by atoms with E-state index in [9.17, 15) is 14.0 Å². The van der Waals surface area contributed by atoms with Gasteiger partial charge in [0.05, 0.1) is 0 Å². The number of ether oxygens (including phenoxy) is 1.